The molecule has 0 aliphatic carbocycles. The summed E-state index contributed by atoms with van der Waals surface area (Å²) < 4.78 is 138. The van der Waals surface area contributed by atoms with Crippen molar-refractivity contribution in [2.75, 3.05) is 112 Å². The van der Waals surface area contributed by atoms with E-state index in [4.69, 9.17) is 23.7 Å². The molecule has 8 fully saturated rings. The van der Waals surface area contributed by atoms with Crippen molar-refractivity contribution in [1.82, 2.24) is 22.2 Å². The number of aryl methyl sites for hydroxylation is 4. The number of halogens is 4. The van der Waals surface area contributed by atoms with Crippen LogP contribution in [0.4, 0.5) is 0 Å². The minimum Gasteiger partial charge on any atom is -0.478 e. The maximum Gasteiger partial charge on any atom is 0.227 e. The zero-order valence-corrected chi connectivity index (χ0v) is 78.2. The molecule has 0 amide bonds. The van der Waals surface area contributed by atoms with Crippen molar-refractivity contribution in [2.24, 2.45) is 0 Å². The van der Waals surface area contributed by atoms with Crippen LogP contribution in [0.2, 0.25) is 0 Å². The van der Waals surface area contributed by atoms with Crippen LogP contribution in [0.25, 0.3) is 11.3 Å². The first-order valence-corrected chi connectivity index (χ1v) is 49.2. The molecule has 5 aromatic rings. The molecule has 0 spiro atoms. The van der Waals surface area contributed by atoms with Crippen molar-refractivity contribution in [3.8, 4) is 17.1 Å². The molecule has 9 heterocycles. The number of ether oxygens (including phenoxy) is 5. The summed E-state index contributed by atoms with van der Waals surface area (Å²) in [7, 11) is -14.9. The van der Waals surface area contributed by atoms with Gasteiger partial charge in [-0.3, -0.25) is 24.0 Å². The molecule has 8 saturated heterocycles. The van der Waals surface area contributed by atoms with E-state index < -0.39 is 64.7 Å². The molecule has 4 aromatic carbocycles. The molecule has 0 radical (unpaired) electrons. The number of aliphatic hydroxyl groups is 1. The van der Waals surface area contributed by atoms with E-state index in [1.54, 1.807) is 8.61 Å². The fraction of sp³-hybridized carbons (Fsp3) is 0.595. The molecule has 24 nitrogen and oxygen atoms in total. The minimum absolute atomic E-state index is 0.0790. The number of benzene rings is 4. The molecular formula is C84H113Br3IN5O19S4. The molecule has 116 heavy (non-hydrogen) atoms. The van der Waals surface area contributed by atoms with Gasteiger partial charge in [0.1, 0.15) is 24.8 Å². The van der Waals surface area contributed by atoms with Gasteiger partial charge in [-0.25, -0.2) is 55.9 Å². The molecular weight excluding hydrogens is 1880 g/mol. The van der Waals surface area contributed by atoms with Crippen LogP contribution in [0.1, 0.15) is 195 Å². The van der Waals surface area contributed by atoms with E-state index in [9.17, 15) is 62.8 Å². The summed E-state index contributed by atoms with van der Waals surface area (Å²) >= 11 is 12.7. The zero-order valence-electron chi connectivity index (χ0n) is 68.0. The Morgan fingerprint density at radius 2 is 0.810 bits per heavy atom. The molecule has 0 unspecified atom stereocenters. The Hall–Kier alpha value is -4.21. The average Bonchev–Trinajstić information content (AvgIpc) is 0.751. The van der Waals surface area contributed by atoms with Crippen LogP contribution in [0, 0.1) is 31.3 Å². The monoisotopic (exact) mass is 1990 g/mol. The van der Waals surface area contributed by atoms with Gasteiger partial charge in [0.25, 0.3) is 0 Å². The number of aromatic nitrogens is 1. The lowest BCUT2D eigenvalue weighted by atomic mass is 9.84. The van der Waals surface area contributed by atoms with Crippen LogP contribution < -0.4 is 4.74 Å². The number of pyridine rings is 1. The molecule has 13 rings (SSSR count). The van der Waals surface area contributed by atoms with Crippen molar-refractivity contribution in [3.05, 3.63) is 147 Å². The van der Waals surface area contributed by atoms with E-state index in [1.165, 1.54) is 66.6 Å². The van der Waals surface area contributed by atoms with Gasteiger partial charge in [0.15, 0.2) is 23.1 Å². The number of carbonyl (C=O) groups excluding carboxylic acids is 5. The smallest absolute Gasteiger partial charge is 0.227 e. The van der Waals surface area contributed by atoms with E-state index in [1.807, 2.05) is 43.3 Å². The van der Waals surface area contributed by atoms with Gasteiger partial charge in [0, 0.05) is 147 Å². The normalized spacial score (nSPS) is 21.1. The topological polar surface area (TPSA) is 314 Å². The molecule has 0 atom stereocenters. The van der Waals surface area contributed by atoms with Gasteiger partial charge in [-0.15, -0.1) is 0 Å². The van der Waals surface area contributed by atoms with Gasteiger partial charge in [-0.2, -0.15) is 0 Å². The number of hydrogen-bond donors (Lipinski definition) is 1. The lowest BCUT2D eigenvalue weighted by Gasteiger charge is -2.43. The first kappa shape index (κ1) is 95.6. The largest absolute Gasteiger partial charge is 0.478 e. The molecule has 640 valence electrons. The number of rotatable bonds is 19. The van der Waals surface area contributed by atoms with Gasteiger partial charge < -0.3 is 28.8 Å². The molecule has 8 aliphatic heterocycles. The second-order valence-electron chi connectivity index (χ2n) is 31.5. The highest BCUT2D eigenvalue weighted by molar-refractivity contribution is 14.1. The van der Waals surface area contributed by atoms with Crippen molar-refractivity contribution in [1.29, 1.82) is 0 Å². The Balaban J connectivity index is 0.000000173. The summed E-state index contributed by atoms with van der Waals surface area (Å²) in [5.74, 6) is 0.173. The number of nitrogens with zero attached hydrogens (tertiary/aromatic N) is 5. The van der Waals surface area contributed by atoms with Crippen LogP contribution in [0.5, 0.6) is 5.88 Å². The maximum absolute atomic E-state index is 13.5. The maximum atomic E-state index is 13.5. The van der Waals surface area contributed by atoms with Crippen LogP contribution in [0.15, 0.2) is 104 Å². The van der Waals surface area contributed by atoms with Gasteiger partial charge in [0.05, 0.1) is 17.9 Å². The third-order valence-corrected chi connectivity index (χ3v) is 38.7. The Kier molecular flexibility index (Phi) is 34.1. The predicted molar refractivity (Wildman–Crippen MR) is 467 cm³/mol. The Morgan fingerprint density at radius 3 is 1.16 bits per heavy atom. The fourth-order valence-corrected chi connectivity index (χ4v) is 27.0. The van der Waals surface area contributed by atoms with Gasteiger partial charge in [-0.05, 0) is 261 Å². The quantitative estimate of drug-likeness (QED) is 0.0751. The van der Waals surface area contributed by atoms with Crippen molar-refractivity contribution >= 4 is 139 Å². The average molecular weight is 1990 g/mol. The summed E-state index contributed by atoms with van der Waals surface area (Å²) in [6, 6.07) is 30.6. The zero-order chi connectivity index (χ0) is 84.8. The number of ketones is 5. The molecule has 1 N–H and O–H groups in total. The fourth-order valence-electron chi connectivity index (χ4n) is 16.7. The minimum atomic E-state index is -3.81. The Morgan fingerprint density at radius 1 is 0.466 bits per heavy atom. The number of Topliss-reactive ketones (excluding diaryl/α,β-unsaturated/α-hetero) is 5. The number of carbonyl (C=O) groups is 5. The second kappa shape index (κ2) is 41.3. The number of sulfonamides is 4. The summed E-state index contributed by atoms with van der Waals surface area (Å²) in [4.78, 5) is 64.9. The molecule has 8 aliphatic rings. The van der Waals surface area contributed by atoms with Crippen LogP contribution in [-0.2, 0) is 88.6 Å². The highest BCUT2D eigenvalue weighted by Crippen LogP contribution is 2.44. The third kappa shape index (κ3) is 21.5. The first-order chi connectivity index (χ1) is 54.8. The summed E-state index contributed by atoms with van der Waals surface area (Å²) in [6.07, 6.45) is 6.85. The second-order valence-corrected chi connectivity index (χ2v) is 44.3. The third-order valence-electron chi connectivity index (χ3n) is 24.5. The highest BCUT2D eigenvalue weighted by atomic mass is 127. The summed E-state index contributed by atoms with van der Waals surface area (Å²) in [5, 5.41) is 11.1. The first-order valence-electron chi connectivity index (χ1n) is 40.0. The van der Waals surface area contributed by atoms with E-state index in [-0.39, 0.29) is 152 Å². The molecule has 0 saturated carbocycles. The SMILES string of the molecule is CC(=O)C1(S(=O)(=O)N2CCC(=O)CC2)CCOCC1.CC(=O)C1(S(=O)(=O)N2CCC(O)(c3ccc(Br)c(C)c3)CC2)CCOCC1.CC(=O)C1(S(=O)(=O)N2CCC(c3ccc(Br)c(C)c3)CC2)CCOCC1.CCCOc1cccc(-c2ccc(C3CCN(S(=O)(=O)C4(C(C)=O)CCOCC4)CC3)cc2C)n1.Cc1cc(I)ccc1Br. The van der Waals surface area contributed by atoms with Crippen LogP contribution >= 0.6 is 70.4 Å². The van der Waals surface area contributed by atoms with Gasteiger partial charge in [-0.1, -0.05) is 103 Å². The van der Waals surface area contributed by atoms with Crippen molar-refractivity contribution < 1.29 is 86.4 Å². The van der Waals surface area contributed by atoms with Crippen molar-refractivity contribution in [3.63, 3.8) is 0 Å². The molecule has 1 aromatic heterocycles. The van der Waals surface area contributed by atoms with Crippen molar-refractivity contribution in [2.45, 2.75) is 208 Å². The van der Waals surface area contributed by atoms with Crippen LogP contribution in [-0.4, -0.2) is 221 Å². The Bertz CT molecular complexity index is 4770. The van der Waals surface area contributed by atoms with E-state index in [0.717, 1.165) is 69.0 Å². The number of piperidine rings is 4. The lowest BCUT2D eigenvalue weighted by Crippen LogP contribution is -2.58. The lowest BCUT2D eigenvalue weighted by molar-refractivity contribution is -0.123. The Labute approximate surface area is 725 Å². The van der Waals surface area contributed by atoms with E-state index >= 15 is 0 Å². The van der Waals surface area contributed by atoms with E-state index in [0.29, 0.717) is 83.9 Å². The summed E-state index contributed by atoms with van der Waals surface area (Å²) in [5.41, 5.74) is 8.81. The van der Waals surface area contributed by atoms with E-state index in [2.05, 4.69) is 158 Å². The summed E-state index contributed by atoms with van der Waals surface area (Å²) in [6.45, 7) is 21.4. The van der Waals surface area contributed by atoms with Gasteiger partial charge >= 0.3 is 0 Å². The molecule has 0 bridgehead atoms. The predicted octanol–water partition coefficient (Wildman–Crippen LogP) is 13.9. The standard InChI is InChI=1S/C27H36N2O5S.C19H26BrNO5S.C19H26BrNO4S.C12H19NO5S.C7H6BrI/c1-4-16-34-26-7-5-6-25(28-26)24-9-8-23(19-20(24)2)22-10-14-29(15-11-22)35(31,32)27(21(3)30)12-17-33-18-13-27;1-14-13-16(3-4-17(14)20)18(23)5-9-21(10-6-18)27(24,25)19(15(2)22)7-11-26-12-8-19;1-14-13-17(3-4-18(14)20)16-5-9-21(10-6-16)26(23,24)19(15(2)22)7-11-25-12-8-19;1-10(14)12(4-8-18-9-5-12)19(16,17)13-6-2-11(15)3-7-13;1-5-4-6(9)2-3-7(5)8/h5-9,19,22H,4,10-18H2,1-3H3;3-4,13,23H,5-12H2,1-2H3;3-4,13,16H,5-12H2,1-2H3;2-9H2,1H3;2-4H,1H3. The van der Waals surface area contributed by atoms with Gasteiger partial charge in [0.2, 0.25) is 46.0 Å². The van der Waals surface area contributed by atoms with Crippen LogP contribution in [0.3, 0.4) is 0 Å². The highest BCUT2D eigenvalue weighted by Gasteiger charge is 2.57. The number of hydrogen-bond acceptors (Lipinski definition) is 20. The molecule has 32 heteroatoms.